The first kappa shape index (κ1) is 37.5. The summed E-state index contributed by atoms with van der Waals surface area (Å²) in [4.78, 5) is 41.3. The van der Waals surface area contributed by atoms with Crippen molar-refractivity contribution in [2.24, 2.45) is 0 Å². The maximum Gasteiger partial charge on any atom is 0.272 e. The lowest BCUT2D eigenvalue weighted by Crippen LogP contribution is -2.30. The number of carbonyl (C=O) groups is 3. The van der Waals surface area contributed by atoms with Crippen molar-refractivity contribution in [3.05, 3.63) is 191 Å². The van der Waals surface area contributed by atoms with Gasteiger partial charge in [0, 0.05) is 21.8 Å². The molecule has 0 bridgehead atoms. The van der Waals surface area contributed by atoms with E-state index in [9.17, 15) is 14.4 Å². The Morgan fingerprint density at radius 3 is 2.00 bits per heavy atom. The minimum atomic E-state index is -0.592. The minimum absolute atomic E-state index is 0.0553. The number of hydrogen-bond acceptors (Lipinski definition) is 6. The standard InChI is InChI=1S/C44H36ClN3O5S/c1-52-40-26-21-35(28-38(40)45)47-44(51)41(32-13-7-3-8-14-32)54-37-24-19-34(20-25-37)46-43(50)39(48-42(49)33-15-9-4-10-16-33)27-30-17-22-36(23-18-30)53-29-31-11-5-2-6-12-31/h2-28,41H,29H2,1H3,(H,46,50)(H,47,51)(H,48,49)/b39-27-. The summed E-state index contributed by atoms with van der Waals surface area (Å²) in [5, 5.41) is 8.42. The van der Waals surface area contributed by atoms with Crippen LogP contribution in [0.3, 0.4) is 0 Å². The number of anilines is 2. The Morgan fingerprint density at radius 1 is 0.722 bits per heavy atom. The van der Waals surface area contributed by atoms with Crippen molar-refractivity contribution in [1.29, 1.82) is 0 Å². The summed E-state index contributed by atoms with van der Waals surface area (Å²) < 4.78 is 11.1. The van der Waals surface area contributed by atoms with E-state index in [4.69, 9.17) is 21.1 Å². The number of rotatable bonds is 14. The quantitative estimate of drug-likeness (QED) is 0.0756. The highest BCUT2D eigenvalue weighted by Gasteiger charge is 2.23. The summed E-state index contributed by atoms with van der Waals surface area (Å²) in [5.74, 6) is 0.0170. The third-order valence-corrected chi connectivity index (χ3v) is 9.66. The topological polar surface area (TPSA) is 106 Å². The number of hydrogen-bond donors (Lipinski definition) is 3. The Morgan fingerprint density at radius 2 is 1.35 bits per heavy atom. The van der Waals surface area contributed by atoms with E-state index >= 15 is 0 Å². The molecular weight excluding hydrogens is 718 g/mol. The van der Waals surface area contributed by atoms with Gasteiger partial charge in [-0.3, -0.25) is 14.4 Å². The predicted molar refractivity (Wildman–Crippen MR) is 216 cm³/mol. The number of halogens is 1. The first-order chi connectivity index (χ1) is 26.3. The molecule has 0 fully saturated rings. The van der Waals surface area contributed by atoms with Gasteiger partial charge in [-0.15, -0.1) is 11.8 Å². The van der Waals surface area contributed by atoms with Gasteiger partial charge in [0.1, 0.15) is 29.1 Å². The molecule has 0 spiro atoms. The van der Waals surface area contributed by atoms with Crippen LogP contribution in [0.25, 0.3) is 6.08 Å². The molecule has 3 N–H and O–H groups in total. The van der Waals surface area contributed by atoms with Gasteiger partial charge in [0.15, 0.2) is 0 Å². The fraction of sp³-hybridized carbons (Fsp3) is 0.0682. The van der Waals surface area contributed by atoms with Crippen LogP contribution in [0.15, 0.2) is 168 Å². The number of amides is 3. The lowest BCUT2D eigenvalue weighted by atomic mass is 10.1. The van der Waals surface area contributed by atoms with Crippen LogP contribution in [-0.2, 0) is 16.2 Å². The molecule has 0 saturated carbocycles. The molecule has 1 unspecified atom stereocenters. The van der Waals surface area contributed by atoms with Gasteiger partial charge in [0.25, 0.3) is 11.8 Å². The minimum Gasteiger partial charge on any atom is -0.495 e. The second kappa shape index (κ2) is 18.5. The van der Waals surface area contributed by atoms with Crippen LogP contribution >= 0.6 is 23.4 Å². The first-order valence-electron chi connectivity index (χ1n) is 17.0. The first-order valence-corrected chi connectivity index (χ1v) is 18.2. The number of nitrogens with one attached hydrogen (secondary N) is 3. The van der Waals surface area contributed by atoms with E-state index < -0.39 is 17.1 Å². The molecule has 0 aliphatic heterocycles. The molecule has 6 aromatic carbocycles. The molecule has 3 amide bonds. The Balaban J connectivity index is 1.16. The average molecular weight is 754 g/mol. The van der Waals surface area contributed by atoms with E-state index in [0.29, 0.717) is 45.6 Å². The van der Waals surface area contributed by atoms with Gasteiger partial charge in [-0.1, -0.05) is 103 Å². The lowest BCUT2D eigenvalue weighted by molar-refractivity contribution is -0.116. The van der Waals surface area contributed by atoms with E-state index in [0.717, 1.165) is 16.0 Å². The number of methoxy groups -OCH3 is 1. The van der Waals surface area contributed by atoms with Crippen LogP contribution < -0.4 is 25.4 Å². The zero-order chi connectivity index (χ0) is 37.7. The van der Waals surface area contributed by atoms with Crippen molar-refractivity contribution in [3.8, 4) is 11.5 Å². The van der Waals surface area contributed by atoms with Crippen LogP contribution in [0.2, 0.25) is 5.02 Å². The molecule has 0 saturated heterocycles. The molecule has 0 radical (unpaired) electrons. The zero-order valence-electron chi connectivity index (χ0n) is 29.2. The molecule has 0 aliphatic rings. The number of carbonyl (C=O) groups excluding carboxylic acids is 3. The normalized spacial score (nSPS) is 11.6. The molecule has 0 aliphatic carbocycles. The molecule has 6 aromatic rings. The number of thioether (sulfide) groups is 1. The summed E-state index contributed by atoms with van der Waals surface area (Å²) in [7, 11) is 1.53. The van der Waals surface area contributed by atoms with Gasteiger partial charge in [0.05, 0.1) is 12.1 Å². The van der Waals surface area contributed by atoms with Gasteiger partial charge in [-0.25, -0.2) is 0 Å². The molecule has 8 nitrogen and oxygen atoms in total. The van der Waals surface area contributed by atoms with Crippen LogP contribution in [0.5, 0.6) is 11.5 Å². The summed E-state index contributed by atoms with van der Waals surface area (Å²) in [5.41, 5.74) is 4.07. The average Bonchev–Trinajstić information content (AvgIpc) is 3.21. The van der Waals surface area contributed by atoms with E-state index in [1.807, 2.05) is 103 Å². The monoisotopic (exact) mass is 753 g/mol. The molecule has 54 heavy (non-hydrogen) atoms. The third kappa shape index (κ3) is 10.4. The number of benzene rings is 6. The van der Waals surface area contributed by atoms with Crippen LogP contribution in [-0.4, -0.2) is 24.8 Å². The summed E-state index contributed by atoms with van der Waals surface area (Å²) >= 11 is 7.66. The molecular formula is C44H36ClN3O5S. The van der Waals surface area contributed by atoms with Gasteiger partial charge in [-0.2, -0.15) is 0 Å². The van der Waals surface area contributed by atoms with Crippen molar-refractivity contribution in [3.63, 3.8) is 0 Å². The Bertz CT molecular complexity index is 2220. The van der Waals surface area contributed by atoms with Gasteiger partial charge in [-0.05, 0) is 89.5 Å². The SMILES string of the molecule is COc1ccc(NC(=O)C(Sc2ccc(NC(=O)/C(=C/c3ccc(OCc4ccccc4)cc3)NC(=O)c3ccccc3)cc2)c2ccccc2)cc1Cl. The molecule has 0 heterocycles. The molecule has 10 heteroatoms. The van der Waals surface area contributed by atoms with Gasteiger partial charge < -0.3 is 25.4 Å². The maximum absolute atomic E-state index is 13.7. The highest BCUT2D eigenvalue weighted by atomic mass is 35.5. The maximum atomic E-state index is 13.7. The Labute approximate surface area is 323 Å². The van der Waals surface area contributed by atoms with Crippen LogP contribution in [0.1, 0.15) is 32.3 Å². The van der Waals surface area contributed by atoms with E-state index in [1.165, 1.54) is 18.9 Å². The van der Waals surface area contributed by atoms with Gasteiger partial charge >= 0.3 is 0 Å². The van der Waals surface area contributed by atoms with E-state index in [1.54, 1.807) is 60.7 Å². The van der Waals surface area contributed by atoms with E-state index in [-0.39, 0.29) is 11.6 Å². The fourth-order valence-electron chi connectivity index (χ4n) is 5.31. The van der Waals surface area contributed by atoms with Crippen molar-refractivity contribution < 1.29 is 23.9 Å². The summed E-state index contributed by atoms with van der Waals surface area (Å²) in [6.07, 6.45) is 1.61. The van der Waals surface area contributed by atoms with Crippen molar-refractivity contribution in [1.82, 2.24) is 5.32 Å². The highest BCUT2D eigenvalue weighted by molar-refractivity contribution is 8.00. The van der Waals surface area contributed by atoms with Crippen LogP contribution in [0, 0.1) is 0 Å². The molecule has 270 valence electrons. The third-order valence-electron chi connectivity index (χ3n) is 8.09. The summed E-state index contributed by atoms with van der Waals surface area (Å²) in [6, 6.07) is 47.5. The molecule has 1 atom stereocenters. The second-order valence-corrected chi connectivity index (χ2v) is 13.5. The lowest BCUT2D eigenvalue weighted by Gasteiger charge is -2.18. The fourth-order valence-corrected chi connectivity index (χ4v) is 6.60. The van der Waals surface area contributed by atoms with Gasteiger partial charge in [0.2, 0.25) is 5.91 Å². The molecule has 6 rings (SSSR count). The van der Waals surface area contributed by atoms with Crippen molar-refractivity contribution in [2.75, 3.05) is 17.7 Å². The predicted octanol–water partition coefficient (Wildman–Crippen LogP) is 9.81. The van der Waals surface area contributed by atoms with Crippen LogP contribution in [0.4, 0.5) is 11.4 Å². The van der Waals surface area contributed by atoms with E-state index in [2.05, 4.69) is 16.0 Å². The highest BCUT2D eigenvalue weighted by Crippen LogP contribution is 2.37. The smallest absolute Gasteiger partial charge is 0.272 e. The zero-order valence-corrected chi connectivity index (χ0v) is 30.8. The Hall–Kier alpha value is -6.29. The molecule has 0 aromatic heterocycles. The largest absolute Gasteiger partial charge is 0.495 e. The van der Waals surface area contributed by atoms with Crippen molar-refractivity contribution >= 4 is 58.5 Å². The van der Waals surface area contributed by atoms with Crippen molar-refractivity contribution in [2.45, 2.75) is 16.8 Å². The summed E-state index contributed by atoms with van der Waals surface area (Å²) in [6.45, 7) is 0.424. The number of ether oxygens (including phenoxy) is 2. The second-order valence-electron chi connectivity index (χ2n) is 11.9. The Kier molecular flexibility index (Phi) is 12.8.